The van der Waals surface area contributed by atoms with Gasteiger partial charge in [0.05, 0.1) is 31.0 Å². The van der Waals surface area contributed by atoms with Crippen molar-refractivity contribution in [1.82, 2.24) is 10.3 Å². The summed E-state index contributed by atoms with van der Waals surface area (Å²) >= 11 is 13.3. The number of hydrogen-bond acceptors (Lipinski definition) is 9. The Morgan fingerprint density at radius 3 is 2.38 bits per heavy atom. The van der Waals surface area contributed by atoms with Crippen LogP contribution in [0.2, 0.25) is 10.0 Å². The van der Waals surface area contributed by atoms with Gasteiger partial charge in [0, 0.05) is 46.5 Å². The van der Waals surface area contributed by atoms with Crippen molar-refractivity contribution in [2.24, 2.45) is 0 Å². The van der Waals surface area contributed by atoms with Crippen LogP contribution in [0.25, 0.3) is 11.1 Å². The number of rotatable bonds is 18. The average molecular weight is 690 g/mol. The lowest BCUT2D eigenvalue weighted by atomic mass is 9.96. The van der Waals surface area contributed by atoms with Gasteiger partial charge in [-0.3, -0.25) is 9.78 Å². The number of benzene rings is 2. The molecule has 2 aromatic carbocycles. The molecule has 0 saturated heterocycles. The van der Waals surface area contributed by atoms with Crippen molar-refractivity contribution in [2.45, 2.75) is 94.1 Å². The maximum atomic E-state index is 12.2. The summed E-state index contributed by atoms with van der Waals surface area (Å²) in [5, 5.41) is 51.4. The number of ether oxygens (including phenoxy) is 2. The first kappa shape index (κ1) is 35.5. The Morgan fingerprint density at radius 2 is 1.66 bits per heavy atom. The van der Waals surface area contributed by atoms with Gasteiger partial charge < -0.3 is 40.3 Å². The van der Waals surface area contributed by atoms with Crippen molar-refractivity contribution in [3.8, 4) is 16.9 Å². The number of hydrogen-bond donors (Lipinski definition) is 6. The van der Waals surface area contributed by atoms with Crippen LogP contribution in [0.5, 0.6) is 5.75 Å². The average Bonchev–Trinajstić information content (AvgIpc) is 4.03. The molecule has 1 heterocycles. The fourth-order valence-corrected chi connectivity index (χ4v) is 6.02. The number of aromatic nitrogens is 1. The van der Waals surface area contributed by atoms with Gasteiger partial charge in [0.25, 0.3) is 0 Å². The molecule has 6 N–H and O–H groups in total. The van der Waals surface area contributed by atoms with E-state index in [4.69, 9.17) is 37.8 Å². The number of aryl methyl sites for hydroxylation is 1. The van der Waals surface area contributed by atoms with E-state index in [1.54, 1.807) is 6.20 Å². The van der Waals surface area contributed by atoms with Crippen LogP contribution >= 0.6 is 23.2 Å². The molecule has 2 saturated carbocycles. The van der Waals surface area contributed by atoms with Gasteiger partial charge >= 0.3 is 0 Å². The summed E-state index contributed by atoms with van der Waals surface area (Å²) in [6, 6.07) is 13.8. The maximum absolute atomic E-state index is 12.2. The minimum absolute atomic E-state index is 0.178. The predicted octanol–water partition coefficient (Wildman–Crippen LogP) is 4.07. The van der Waals surface area contributed by atoms with Gasteiger partial charge in [0.15, 0.2) is 0 Å². The van der Waals surface area contributed by atoms with Crippen LogP contribution in [0.1, 0.15) is 61.6 Å². The van der Waals surface area contributed by atoms with Crippen LogP contribution in [0.3, 0.4) is 0 Å². The molecule has 0 radical (unpaired) electrons. The van der Waals surface area contributed by atoms with E-state index < -0.39 is 36.6 Å². The quantitative estimate of drug-likeness (QED) is 0.108. The molecule has 0 aliphatic heterocycles. The second kappa shape index (κ2) is 16.1. The largest absolute Gasteiger partial charge is 0.490 e. The van der Waals surface area contributed by atoms with Gasteiger partial charge in [0.1, 0.15) is 24.1 Å². The highest BCUT2D eigenvalue weighted by atomic mass is 35.5. The first-order valence-electron chi connectivity index (χ1n) is 16.0. The Hall–Kier alpha value is -2.80. The van der Waals surface area contributed by atoms with E-state index in [1.165, 1.54) is 0 Å². The highest BCUT2D eigenvalue weighted by Gasteiger charge is 2.48. The molecular formula is C35H42Cl2N2O8. The fraction of sp³-hybridized carbons (Fsp3) is 0.486. The van der Waals surface area contributed by atoms with Crippen LogP contribution in [0, 0.1) is 0 Å². The molecule has 3 aromatic rings. The van der Waals surface area contributed by atoms with E-state index >= 15 is 0 Å². The molecule has 0 unspecified atom stereocenters. The molecule has 2 aliphatic carbocycles. The summed E-state index contributed by atoms with van der Waals surface area (Å²) in [6.45, 7) is -0.806. The third kappa shape index (κ3) is 9.22. The Bertz CT molecular complexity index is 1520. The van der Waals surface area contributed by atoms with Crippen molar-refractivity contribution < 1.29 is 39.8 Å². The first-order chi connectivity index (χ1) is 22.6. The lowest BCUT2D eigenvalue weighted by Gasteiger charge is -2.25. The number of aliphatic hydroxyl groups excluding tert-OH is 5. The van der Waals surface area contributed by atoms with Crippen molar-refractivity contribution in [3.05, 3.63) is 81.6 Å². The predicted molar refractivity (Wildman–Crippen MR) is 177 cm³/mol. The number of amides is 1. The lowest BCUT2D eigenvalue weighted by molar-refractivity contribution is -0.126. The van der Waals surface area contributed by atoms with E-state index in [2.05, 4.69) is 16.4 Å². The van der Waals surface area contributed by atoms with Crippen molar-refractivity contribution in [3.63, 3.8) is 0 Å². The SMILES string of the molecule is O=C(CCCCc1cc(Cl)c(COC2(c3cnccc3-c3ccccc3OC3CC3)CC2)cc1Cl)NC[C@H](O)[C@@H](O)[C@H](O)[C@H](O)CO. The molecular weight excluding hydrogens is 647 g/mol. The van der Waals surface area contributed by atoms with Gasteiger partial charge in [-0.05, 0) is 85.9 Å². The van der Waals surface area contributed by atoms with Crippen LogP contribution in [0.4, 0.5) is 0 Å². The highest BCUT2D eigenvalue weighted by molar-refractivity contribution is 6.34. The number of para-hydroxylation sites is 1. The van der Waals surface area contributed by atoms with Crippen molar-refractivity contribution >= 4 is 29.1 Å². The van der Waals surface area contributed by atoms with E-state index in [1.807, 2.05) is 42.6 Å². The third-order valence-electron chi connectivity index (χ3n) is 8.66. The van der Waals surface area contributed by atoms with Crippen molar-refractivity contribution in [2.75, 3.05) is 13.2 Å². The Balaban J connectivity index is 1.12. The van der Waals surface area contributed by atoms with Crippen LogP contribution < -0.4 is 10.1 Å². The van der Waals surface area contributed by atoms with Crippen molar-refractivity contribution in [1.29, 1.82) is 0 Å². The summed E-state index contributed by atoms with van der Waals surface area (Å²) in [6.07, 6.45) is 3.24. The van der Waals surface area contributed by atoms with E-state index in [9.17, 15) is 25.2 Å². The third-order valence-corrected chi connectivity index (χ3v) is 9.37. The van der Waals surface area contributed by atoms with E-state index in [0.29, 0.717) is 29.3 Å². The standard InChI is InChI=1S/C35H42Cl2N2O8/c36-27-16-22(28(37)15-21(27)5-1-4-8-32(43)39-18-29(41)33(44)34(45)30(42)19-40)20-46-35(12-13-35)26-17-38-14-11-24(26)25-6-2-3-7-31(25)47-23-9-10-23/h2-3,6-7,11,14-17,23,29-30,33-34,40-42,44-45H,1,4-5,8-10,12-13,18-20H2,(H,39,43)/t29-,30+,33+,34+/m0/s1. The topological polar surface area (TPSA) is 162 Å². The number of halogens is 2. The number of pyridine rings is 1. The van der Waals surface area contributed by atoms with Gasteiger partial charge in [-0.25, -0.2) is 0 Å². The minimum atomic E-state index is -1.75. The molecule has 254 valence electrons. The normalized spacial score (nSPS) is 17.9. The summed E-state index contributed by atoms with van der Waals surface area (Å²) in [7, 11) is 0. The maximum Gasteiger partial charge on any atom is 0.220 e. The van der Waals surface area contributed by atoms with Crippen LogP contribution in [-0.4, -0.2) is 80.1 Å². The lowest BCUT2D eigenvalue weighted by Crippen LogP contribution is -2.49. The number of nitrogens with zero attached hydrogens (tertiary/aromatic N) is 1. The number of carbonyl (C=O) groups excluding carboxylic acids is 1. The van der Waals surface area contributed by atoms with Gasteiger partial charge in [0.2, 0.25) is 5.91 Å². The number of aliphatic hydroxyl groups is 5. The van der Waals surface area contributed by atoms with E-state index in [-0.39, 0.29) is 31.6 Å². The first-order valence-corrected chi connectivity index (χ1v) is 16.8. The molecule has 0 spiro atoms. The minimum Gasteiger partial charge on any atom is -0.490 e. The fourth-order valence-electron chi connectivity index (χ4n) is 5.49. The summed E-state index contributed by atoms with van der Waals surface area (Å²) in [5.41, 5.74) is 4.27. The zero-order valence-corrected chi connectivity index (χ0v) is 27.5. The zero-order chi connectivity index (χ0) is 33.6. The molecule has 0 bridgehead atoms. The van der Waals surface area contributed by atoms with Crippen LogP contribution in [0.15, 0.2) is 54.9 Å². The van der Waals surface area contributed by atoms with Crippen LogP contribution in [-0.2, 0) is 28.2 Å². The number of nitrogens with one attached hydrogen (secondary N) is 1. The Labute approximate surface area is 284 Å². The summed E-state index contributed by atoms with van der Waals surface area (Å²) in [5.74, 6) is 0.533. The number of unbranched alkanes of at least 4 members (excludes halogenated alkanes) is 1. The molecule has 4 atom stereocenters. The Morgan fingerprint density at radius 1 is 0.957 bits per heavy atom. The van der Waals surface area contributed by atoms with Gasteiger partial charge in [-0.1, -0.05) is 41.4 Å². The molecule has 2 aliphatic rings. The zero-order valence-electron chi connectivity index (χ0n) is 26.0. The Kier molecular flexibility index (Phi) is 12.1. The molecule has 10 nitrogen and oxygen atoms in total. The van der Waals surface area contributed by atoms with Gasteiger partial charge in [-0.15, -0.1) is 0 Å². The molecule has 5 rings (SSSR count). The highest BCUT2D eigenvalue weighted by Crippen LogP contribution is 2.53. The smallest absolute Gasteiger partial charge is 0.220 e. The monoisotopic (exact) mass is 688 g/mol. The molecule has 1 amide bonds. The summed E-state index contributed by atoms with van der Waals surface area (Å²) < 4.78 is 12.8. The second-order valence-corrected chi connectivity index (χ2v) is 13.2. The molecule has 1 aromatic heterocycles. The van der Waals surface area contributed by atoms with E-state index in [0.717, 1.165) is 59.3 Å². The van der Waals surface area contributed by atoms with Gasteiger partial charge in [-0.2, -0.15) is 0 Å². The molecule has 2 fully saturated rings. The summed E-state index contributed by atoms with van der Waals surface area (Å²) in [4.78, 5) is 16.6. The molecule has 47 heavy (non-hydrogen) atoms. The second-order valence-electron chi connectivity index (χ2n) is 12.4. The number of carbonyl (C=O) groups is 1. The molecule has 12 heteroatoms.